The Morgan fingerprint density at radius 3 is 2.31 bits per heavy atom. The van der Waals surface area contributed by atoms with Crippen molar-refractivity contribution in [3.8, 4) is 0 Å². The smallest absolute Gasteiger partial charge is 0.220 e. The van der Waals surface area contributed by atoms with Crippen LogP contribution in [0.15, 0.2) is 0 Å². The molecule has 0 saturated heterocycles. The van der Waals surface area contributed by atoms with Crippen molar-refractivity contribution in [3.63, 3.8) is 0 Å². The van der Waals surface area contributed by atoms with Crippen molar-refractivity contribution in [2.45, 2.75) is 39.7 Å². The van der Waals surface area contributed by atoms with Crippen LogP contribution in [0, 0.1) is 5.92 Å². The summed E-state index contributed by atoms with van der Waals surface area (Å²) >= 11 is 0. The van der Waals surface area contributed by atoms with E-state index in [0.717, 1.165) is 6.42 Å². The number of hydrogen-bond acceptors (Lipinski definition) is 2. The first-order chi connectivity index (χ1) is 5.97. The lowest BCUT2D eigenvalue weighted by Crippen LogP contribution is -2.35. The Balaban J connectivity index is 3.81. The van der Waals surface area contributed by atoms with E-state index in [1.165, 1.54) is 0 Å². The molecule has 2 amide bonds. The summed E-state index contributed by atoms with van der Waals surface area (Å²) in [6, 6.07) is 0.160. The van der Waals surface area contributed by atoms with Gasteiger partial charge in [-0.1, -0.05) is 13.8 Å². The standard InChI is InChI=1S/C9H18N2O2/c1-4-7(3)11-8(12)5-6(2)9(10)13/h6-7H,4-5H2,1-3H3,(H2,10,13)(H,11,12). The molecular weight excluding hydrogens is 168 g/mol. The average Bonchev–Trinajstić information content (AvgIpc) is 2.03. The fraction of sp³-hybridized carbons (Fsp3) is 0.778. The molecule has 2 atom stereocenters. The molecule has 2 unspecified atom stereocenters. The zero-order valence-electron chi connectivity index (χ0n) is 8.46. The summed E-state index contributed by atoms with van der Waals surface area (Å²) in [5, 5.41) is 2.77. The van der Waals surface area contributed by atoms with Gasteiger partial charge in [-0.2, -0.15) is 0 Å². The normalized spacial score (nSPS) is 14.7. The topological polar surface area (TPSA) is 72.2 Å². The molecule has 0 heterocycles. The molecule has 0 saturated carbocycles. The van der Waals surface area contributed by atoms with Gasteiger partial charge in [0.05, 0.1) is 0 Å². The maximum absolute atomic E-state index is 11.2. The van der Waals surface area contributed by atoms with Crippen LogP contribution in [0.2, 0.25) is 0 Å². The van der Waals surface area contributed by atoms with Crippen molar-refractivity contribution < 1.29 is 9.59 Å². The van der Waals surface area contributed by atoms with Crippen LogP contribution in [0.3, 0.4) is 0 Å². The molecule has 76 valence electrons. The summed E-state index contributed by atoms with van der Waals surface area (Å²) in [6.07, 6.45) is 1.07. The molecule has 0 aliphatic heterocycles. The SMILES string of the molecule is CCC(C)NC(=O)CC(C)C(N)=O. The van der Waals surface area contributed by atoms with E-state index >= 15 is 0 Å². The van der Waals surface area contributed by atoms with Gasteiger partial charge in [-0.25, -0.2) is 0 Å². The molecule has 0 fully saturated rings. The Kier molecular flexibility index (Phi) is 5.11. The number of nitrogens with two attached hydrogens (primary N) is 1. The van der Waals surface area contributed by atoms with Gasteiger partial charge in [0, 0.05) is 18.4 Å². The second-order valence-electron chi connectivity index (χ2n) is 3.38. The van der Waals surface area contributed by atoms with Crippen molar-refractivity contribution in [1.82, 2.24) is 5.32 Å². The summed E-state index contributed by atoms with van der Waals surface area (Å²) in [6.45, 7) is 5.56. The largest absolute Gasteiger partial charge is 0.369 e. The average molecular weight is 186 g/mol. The first kappa shape index (κ1) is 11.9. The summed E-state index contributed by atoms with van der Waals surface area (Å²) in [4.78, 5) is 21.8. The van der Waals surface area contributed by atoms with Crippen molar-refractivity contribution in [1.29, 1.82) is 0 Å². The van der Waals surface area contributed by atoms with Crippen LogP contribution < -0.4 is 11.1 Å². The number of amides is 2. The van der Waals surface area contributed by atoms with Crippen molar-refractivity contribution >= 4 is 11.8 Å². The number of rotatable bonds is 5. The maximum Gasteiger partial charge on any atom is 0.220 e. The highest BCUT2D eigenvalue weighted by Crippen LogP contribution is 2.00. The quantitative estimate of drug-likeness (QED) is 0.652. The molecule has 4 nitrogen and oxygen atoms in total. The Bertz CT molecular complexity index is 192. The van der Waals surface area contributed by atoms with E-state index in [2.05, 4.69) is 5.32 Å². The number of nitrogens with one attached hydrogen (secondary N) is 1. The Hall–Kier alpha value is -1.06. The first-order valence-electron chi connectivity index (χ1n) is 4.56. The molecule has 4 heteroatoms. The minimum atomic E-state index is -0.431. The lowest BCUT2D eigenvalue weighted by molar-refractivity contribution is -0.128. The second kappa shape index (κ2) is 5.56. The van der Waals surface area contributed by atoms with Gasteiger partial charge >= 0.3 is 0 Å². The van der Waals surface area contributed by atoms with Gasteiger partial charge in [0.15, 0.2) is 0 Å². The number of carbonyl (C=O) groups excluding carboxylic acids is 2. The van der Waals surface area contributed by atoms with Gasteiger partial charge in [-0.05, 0) is 13.3 Å². The molecule has 0 aromatic carbocycles. The molecule has 3 N–H and O–H groups in total. The van der Waals surface area contributed by atoms with Gasteiger partial charge in [-0.15, -0.1) is 0 Å². The monoisotopic (exact) mass is 186 g/mol. The minimum Gasteiger partial charge on any atom is -0.369 e. The Labute approximate surface area is 78.9 Å². The molecule has 0 radical (unpaired) electrons. The Morgan fingerprint density at radius 1 is 1.38 bits per heavy atom. The van der Waals surface area contributed by atoms with Crippen LogP contribution in [0.1, 0.15) is 33.6 Å². The summed E-state index contributed by atoms with van der Waals surface area (Å²) in [5.41, 5.74) is 5.03. The van der Waals surface area contributed by atoms with Crippen LogP contribution in [-0.4, -0.2) is 17.9 Å². The minimum absolute atomic E-state index is 0.111. The molecule has 0 aromatic heterocycles. The fourth-order valence-corrected chi connectivity index (χ4v) is 0.814. The maximum atomic E-state index is 11.2. The number of carbonyl (C=O) groups is 2. The van der Waals surface area contributed by atoms with Crippen LogP contribution in [0.4, 0.5) is 0 Å². The summed E-state index contributed by atoms with van der Waals surface area (Å²) < 4.78 is 0. The molecule has 0 aromatic rings. The first-order valence-corrected chi connectivity index (χ1v) is 4.56. The summed E-state index contributed by atoms with van der Waals surface area (Å²) in [7, 11) is 0. The van der Waals surface area contributed by atoms with Gasteiger partial charge in [0.25, 0.3) is 0 Å². The van der Waals surface area contributed by atoms with E-state index in [1.807, 2.05) is 13.8 Å². The van der Waals surface area contributed by atoms with Crippen LogP contribution in [-0.2, 0) is 9.59 Å². The van der Waals surface area contributed by atoms with E-state index in [-0.39, 0.29) is 24.3 Å². The predicted molar refractivity (Wildman–Crippen MR) is 50.9 cm³/mol. The number of hydrogen-bond donors (Lipinski definition) is 2. The lowest BCUT2D eigenvalue weighted by Gasteiger charge is -2.12. The van der Waals surface area contributed by atoms with E-state index in [4.69, 9.17) is 5.73 Å². The van der Waals surface area contributed by atoms with E-state index in [9.17, 15) is 9.59 Å². The molecule has 0 aliphatic rings. The van der Waals surface area contributed by atoms with Crippen LogP contribution in [0.25, 0.3) is 0 Å². The molecular formula is C9H18N2O2. The van der Waals surface area contributed by atoms with Crippen LogP contribution in [0.5, 0.6) is 0 Å². The highest BCUT2D eigenvalue weighted by molar-refractivity contribution is 5.84. The molecule has 0 rings (SSSR count). The molecule has 13 heavy (non-hydrogen) atoms. The molecule has 0 bridgehead atoms. The third kappa shape index (κ3) is 5.22. The predicted octanol–water partition coefficient (Wildman–Crippen LogP) is 0.413. The third-order valence-corrected chi connectivity index (χ3v) is 2.00. The fourth-order valence-electron chi connectivity index (χ4n) is 0.814. The van der Waals surface area contributed by atoms with E-state index < -0.39 is 5.91 Å². The van der Waals surface area contributed by atoms with Gasteiger partial charge in [0.2, 0.25) is 11.8 Å². The van der Waals surface area contributed by atoms with Gasteiger partial charge in [-0.3, -0.25) is 9.59 Å². The summed E-state index contributed by atoms with van der Waals surface area (Å²) in [5.74, 6) is -0.927. The Morgan fingerprint density at radius 2 is 1.92 bits per heavy atom. The van der Waals surface area contributed by atoms with Crippen molar-refractivity contribution in [2.75, 3.05) is 0 Å². The zero-order valence-corrected chi connectivity index (χ0v) is 8.46. The van der Waals surface area contributed by atoms with Gasteiger partial charge < -0.3 is 11.1 Å². The lowest BCUT2D eigenvalue weighted by atomic mass is 10.1. The van der Waals surface area contributed by atoms with E-state index in [1.54, 1.807) is 6.92 Å². The highest BCUT2D eigenvalue weighted by atomic mass is 16.2. The molecule has 0 aliphatic carbocycles. The third-order valence-electron chi connectivity index (χ3n) is 2.00. The van der Waals surface area contributed by atoms with Crippen molar-refractivity contribution in [3.05, 3.63) is 0 Å². The zero-order chi connectivity index (χ0) is 10.4. The number of primary amides is 1. The van der Waals surface area contributed by atoms with E-state index in [0.29, 0.717) is 0 Å². The molecule has 0 spiro atoms. The van der Waals surface area contributed by atoms with Crippen LogP contribution >= 0.6 is 0 Å². The van der Waals surface area contributed by atoms with Crippen molar-refractivity contribution in [2.24, 2.45) is 11.7 Å². The second-order valence-corrected chi connectivity index (χ2v) is 3.38. The van der Waals surface area contributed by atoms with Gasteiger partial charge in [0.1, 0.15) is 0 Å². The highest BCUT2D eigenvalue weighted by Gasteiger charge is 2.14.